The largest absolute Gasteiger partial charge is 0.386 e. The summed E-state index contributed by atoms with van der Waals surface area (Å²) in [5.74, 6) is -0.0752. The van der Waals surface area contributed by atoms with Gasteiger partial charge in [-0.3, -0.25) is 9.78 Å². The highest BCUT2D eigenvalue weighted by atomic mass is 35.5. The number of carbonyl (C=O) groups is 1. The Balaban J connectivity index is 2.02. The molecule has 6 heteroatoms. The number of aromatic nitrogens is 1. The maximum atomic E-state index is 12.4. The lowest BCUT2D eigenvalue weighted by Gasteiger charge is -2.24. The molecule has 23 heavy (non-hydrogen) atoms. The summed E-state index contributed by atoms with van der Waals surface area (Å²) in [4.78, 5) is 18.0. The summed E-state index contributed by atoms with van der Waals surface area (Å²) in [6.45, 7) is 2.61. The minimum atomic E-state index is -0.763. The summed E-state index contributed by atoms with van der Waals surface area (Å²) in [5, 5.41) is 11.1. The molecular formula is C17H18Cl2N2O2. The number of benzene rings is 1. The number of rotatable bonds is 6. The first kappa shape index (κ1) is 17.7. The van der Waals surface area contributed by atoms with E-state index in [0.29, 0.717) is 22.2 Å². The molecule has 0 aliphatic carbocycles. The van der Waals surface area contributed by atoms with Gasteiger partial charge in [0.15, 0.2) is 0 Å². The average molecular weight is 353 g/mol. The van der Waals surface area contributed by atoms with E-state index in [1.807, 2.05) is 6.92 Å². The standard InChI is InChI=1S/C17H18Cl2N2O2/c1-2-21(11-16(22)13-4-3-7-20-10-13)17(23)9-12-5-6-14(18)15(19)8-12/h3-8,10,16,22H,2,9,11H2,1H3/t16-/m1/s1. The Hall–Kier alpha value is -1.62. The molecule has 0 fully saturated rings. The van der Waals surface area contributed by atoms with Gasteiger partial charge in [-0.05, 0) is 30.7 Å². The molecule has 0 saturated carbocycles. The fraction of sp³-hybridized carbons (Fsp3) is 0.294. The number of halogens is 2. The molecule has 0 aliphatic heterocycles. The van der Waals surface area contributed by atoms with Crippen molar-refractivity contribution >= 4 is 29.1 Å². The predicted octanol–water partition coefficient (Wildman–Crippen LogP) is 3.51. The molecule has 1 aromatic carbocycles. The van der Waals surface area contributed by atoms with Crippen molar-refractivity contribution in [3.8, 4) is 0 Å². The van der Waals surface area contributed by atoms with Crippen LogP contribution in [0.25, 0.3) is 0 Å². The number of hydrogen-bond acceptors (Lipinski definition) is 3. The van der Waals surface area contributed by atoms with Crippen molar-refractivity contribution in [1.29, 1.82) is 0 Å². The molecule has 0 unspecified atom stereocenters. The second kappa shape index (κ2) is 8.29. The Morgan fingerprint density at radius 2 is 2.09 bits per heavy atom. The van der Waals surface area contributed by atoms with Gasteiger partial charge in [-0.1, -0.05) is 35.3 Å². The second-order valence-electron chi connectivity index (χ2n) is 5.16. The predicted molar refractivity (Wildman–Crippen MR) is 91.6 cm³/mol. The van der Waals surface area contributed by atoms with Gasteiger partial charge in [0.1, 0.15) is 0 Å². The van der Waals surface area contributed by atoms with E-state index in [1.54, 1.807) is 47.6 Å². The normalized spacial score (nSPS) is 12.0. The van der Waals surface area contributed by atoms with Crippen LogP contribution >= 0.6 is 23.2 Å². The summed E-state index contributed by atoms with van der Waals surface area (Å²) in [7, 11) is 0. The number of aliphatic hydroxyl groups excluding tert-OH is 1. The SMILES string of the molecule is CCN(C[C@@H](O)c1cccnc1)C(=O)Cc1ccc(Cl)c(Cl)c1. The van der Waals surface area contributed by atoms with Gasteiger partial charge in [-0.25, -0.2) is 0 Å². The van der Waals surface area contributed by atoms with Gasteiger partial charge < -0.3 is 10.0 Å². The third-order valence-electron chi connectivity index (χ3n) is 3.54. The Kier molecular flexibility index (Phi) is 6.39. The first-order valence-electron chi connectivity index (χ1n) is 7.31. The van der Waals surface area contributed by atoms with E-state index in [4.69, 9.17) is 23.2 Å². The molecule has 1 aromatic heterocycles. The van der Waals surface area contributed by atoms with E-state index >= 15 is 0 Å². The van der Waals surface area contributed by atoms with E-state index in [9.17, 15) is 9.90 Å². The van der Waals surface area contributed by atoms with E-state index in [-0.39, 0.29) is 18.9 Å². The molecule has 2 rings (SSSR count). The molecule has 1 atom stereocenters. The van der Waals surface area contributed by atoms with Crippen LogP contribution in [-0.2, 0) is 11.2 Å². The summed E-state index contributed by atoms with van der Waals surface area (Å²) in [5.41, 5.74) is 1.48. The van der Waals surface area contributed by atoms with Crippen molar-refractivity contribution < 1.29 is 9.90 Å². The number of amides is 1. The maximum absolute atomic E-state index is 12.4. The van der Waals surface area contributed by atoms with Crippen LogP contribution < -0.4 is 0 Å². The fourth-order valence-electron chi connectivity index (χ4n) is 2.23. The molecule has 0 aliphatic rings. The lowest BCUT2D eigenvalue weighted by molar-refractivity contribution is -0.131. The Morgan fingerprint density at radius 1 is 1.30 bits per heavy atom. The molecule has 0 radical (unpaired) electrons. The number of nitrogens with zero attached hydrogens (tertiary/aromatic N) is 2. The van der Waals surface area contributed by atoms with Gasteiger partial charge in [-0.2, -0.15) is 0 Å². The second-order valence-corrected chi connectivity index (χ2v) is 5.97. The maximum Gasteiger partial charge on any atom is 0.227 e. The third kappa shape index (κ3) is 4.93. The van der Waals surface area contributed by atoms with E-state index in [2.05, 4.69) is 4.98 Å². The van der Waals surface area contributed by atoms with Crippen molar-refractivity contribution in [2.45, 2.75) is 19.4 Å². The Bertz CT molecular complexity index is 665. The van der Waals surface area contributed by atoms with Crippen molar-refractivity contribution in [3.05, 3.63) is 63.9 Å². The zero-order chi connectivity index (χ0) is 16.8. The minimum absolute atomic E-state index is 0.0752. The first-order chi connectivity index (χ1) is 11.0. The molecule has 2 aromatic rings. The molecule has 1 heterocycles. The van der Waals surface area contributed by atoms with Gasteiger partial charge in [0.05, 0.1) is 29.1 Å². The lowest BCUT2D eigenvalue weighted by atomic mass is 10.1. The Morgan fingerprint density at radius 3 is 2.70 bits per heavy atom. The van der Waals surface area contributed by atoms with E-state index < -0.39 is 6.10 Å². The summed E-state index contributed by atoms with van der Waals surface area (Å²) >= 11 is 11.8. The molecular weight excluding hydrogens is 335 g/mol. The third-order valence-corrected chi connectivity index (χ3v) is 4.28. The van der Waals surface area contributed by atoms with Gasteiger partial charge in [0.25, 0.3) is 0 Å². The summed E-state index contributed by atoms with van der Waals surface area (Å²) in [6.07, 6.45) is 2.69. The Labute approximate surface area is 145 Å². The number of pyridine rings is 1. The molecule has 0 saturated heterocycles. The first-order valence-corrected chi connectivity index (χ1v) is 8.06. The van der Waals surface area contributed by atoms with Crippen molar-refractivity contribution in [2.75, 3.05) is 13.1 Å². The van der Waals surface area contributed by atoms with E-state index in [1.165, 1.54) is 0 Å². The number of hydrogen-bond donors (Lipinski definition) is 1. The van der Waals surface area contributed by atoms with Crippen LogP contribution in [0.2, 0.25) is 10.0 Å². The smallest absolute Gasteiger partial charge is 0.227 e. The van der Waals surface area contributed by atoms with Crippen molar-refractivity contribution in [2.24, 2.45) is 0 Å². The van der Waals surface area contributed by atoms with Crippen LogP contribution in [0, 0.1) is 0 Å². The van der Waals surface area contributed by atoms with Crippen LogP contribution in [0.15, 0.2) is 42.7 Å². The number of aliphatic hydroxyl groups is 1. The van der Waals surface area contributed by atoms with Crippen LogP contribution in [0.4, 0.5) is 0 Å². The van der Waals surface area contributed by atoms with Crippen molar-refractivity contribution in [3.63, 3.8) is 0 Å². The monoisotopic (exact) mass is 352 g/mol. The van der Waals surface area contributed by atoms with E-state index in [0.717, 1.165) is 5.56 Å². The number of likely N-dealkylation sites (N-methyl/N-ethyl adjacent to an activating group) is 1. The number of carbonyl (C=O) groups excluding carboxylic acids is 1. The molecule has 122 valence electrons. The van der Waals surface area contributed by atoms with Crippen LogP contribution in [0.3, 0.4) is 0 Å². The van der Waals surface area contributed by atoms with Gasteiger partial charge in [0, 0.05) is 24.5 Å². The van der Waals surface area contributed by atoms with Gasteiger partial charge in [-0.15, -0.1) is 0 Å². The van der Waals surface area contributed by atoms with Gasteiger partial charge >= 0.3 is 0 Å². The minimum Gasteiger partial charge on any atom is -0.386 e. The van der Waals surface area contributed by atoms with Crippen molar-refractivity contribution in [1.82, 2.24) is 9.88 Å². The van der Waals surface area contributed by atoms with Gasteiger partial charge in [0.2, 0.25) is 5.91 Å². The van der Waals surface area contributed by atoms with Crippen LogP contribution in [0.5, 0.6) is 0 Å². The highest BCUT2D eigenvalue weighted by Crippen LogP contribution is 2.23. The summed E-state index contributed by atoms with van der Waals surface area (Å²) < 4.78 is 0. The summed E-state index contributed by atoms with van der Waals surface area (Å²) in [6, 6.07) is 8.68. The van der Waals surface area contributed by atoms with Crippen LogP contribution in [-0.4, -0.2) is 34.0 Å². The fourth-order valence-corrected chi connectivity index (χ4v) is 2.55. The highest BCUT2D eigenvalue weighted by molar-refractivity contribution is 6.42. The molecule has 1 amide bonds. The molecule has 1 N–H and O–H groups in total. The topological polar surface area (TPSA) is 53.4 Å². The van der Waals surface area contributed by atoms with Crippen LogP contribution in [0.1, 0.15) is 24.2 Å². The molecule has 0 bridgehead atoms. The lowest BCUT2D eigenvalue weighted by Crippen LogP contribution is -2.35. The zero-order valence-corrected chi connectivity index (χ0v) is 14.3. The molecule has 4 nitrogen and oxygen atoms in total. The highest BCUT2D eigenvalue weighted by Gasteiger charge is 2.18. The zero-order valence-electron chi connectivity index (χ0n) is 12.7. The molecule has 0 spiro atoms. The average Bonchev–Trinajstić information content (AvgIpc) is 2.56. The quantitative estimate of drug-likeness (QED) is 0.865.